The maximum Gasteiger partial charge on any atom is 0.0570 e. The lowest BCUT2D eigenvalue weighted by atomic mass is 10.2. The first-order valence-corrected chi connectivity index (χ1v) is 5.39. The van der Waals surface area contributed by atoms with Crippen LogP contribution in [0.5, 0.6) is 0 Å². The average Bonchev–Trinajstić information content (AvgIpc) is 2.38. The third-order valence-corrected chi connectivity index (χ3v) is 2.47. The van der Waals surface area contributed by atoms with Crippen molar-refractivity contribution in [1.82, 2.24) is 15.3 Å². The quantitative estimate of drug-likeness (QED) is 0.847. The summed E-state index contributed by atoms with van der Waals surface area (Å²) in [6.07, 6.45) is 5.47. The first-order valence-electron chi connectivity index (χ1n) is 5.39. The first kappa shape index (κ1) is 10.8. The molecule has 0 aliphatic heterocycles. The number of nitrogens with one attached hydrogen (secondary N) is 1. The summed E-state index contributed by atoms with van der Waals surface area (Å²) < 4.78 is 0. The molecule has 0 bridgehead atoms. The highest BCUT2D eigenvalue weighted by Gasteiger charge is 2.04. The highest BCUT2D eigenvalue weighted by atomic mass is 14.9. The SMILES string of the molecule is CC(NCc1cccnc1)c1ccccn1. The third kappa shape index (κ3) is 2.87. The Hall–Kier alpha value is -1.74. The molecule has 16 heavy (non-hydrogen) atoms. The summed E-state index contributed by atoms with van der Waals surface area (Å²) in [5.74, 6) is 0. The van der Waals surface area contributed by atoms with E-state index in [-0.39, 0.29) is 6.04 Å². The Kier molecular flexibility index (Phi) is 3.62. The predicted molar refractivity (Wildman–Crippen MR) is 63.7 cm³/mol. The van der Waals surface area contributed by atoms with Crippen molar-refractivity contribution < 1.29 is 0 Å². The van der Waals surface area contributed by atoms with E-state index in [1.807, 2.05) is 36.7 Å². The summed E-state index contributed by atoms with van der Waals surface area (Å²) in [6.45, 7) is 2.92. The number of pyridine rings is 2. The highest BCUT2D eigenvalue weighted by molar-refractivity contribution is 5.11. The van der Waals surface area contributed by atoms with Gasteiger partial charge in [-0.15, -0.1) is 0 Å². The van der Waals surface area contributed by atoms with E-state index < -0.39 is 0 Å². The molecule has 1 atom stereocenters. The minimum atomic E-state index is 0.251. The molecule has 0 aliphatic rings. The molecule has 0 fully saturated rings. The molecule has 2 aromatic heterocycles. The van der Waals surface area contributed by atoms with Crippen molar-refractivity contribution in [3.8, 4) is 0 Å². The zero-order chi connectivity index (χ0) is 11.2. The number of rotatable bonds is 4. The average molecular weight is 213 g/mol. The molecule has 0 radical (unpaired) electrons. The van der Waals surface area contributed by atoms with Crippen molar-refractivity contribution in [3.63, 3.8) is 0 Å². The van der Waals surface area contributed by atoms with Crippen LogP contribution in [0.3, 0.4) is 0 Å². The fraction of sp³-hybridized carbons (Fsp3) is 0.231. The van der Waals surface area contributed by atoms with Crippen molar-refractivity contribution in [2.24, 2.45) is 0 Å². The lowest BCUT2D eigenvalue weighted by Gasteiger charge is -2.12. The summed E-state index contributed by atoms with van der Waals surface area (Å²) in [5, 5.41) is 3.41. The Labute approximate surface area is 95.6 Å². The lowest BCUT2D eigenvalue weighted by Crippen LogP contribution is -2.18. The van der Waals surface area contributed by atoms with E-state index in [1.165, 1.54) is 5.56 Å². The fourth-order valence-electron chi connectivity index (χ4n) is 1.51. The second-order valence-electron chi connectivity index (χ2n) is 3.72. The topological polar surface area (TPSA) is 37.8 Å². The van der Waals surface area contributed by atoms with Gasteiger partial charge < -0.3 is 5.32 Å². The van der Waals surface area contributed by atoms with Crippen LogP contribution >= 0.6 is 0 Å². The largest absolute Gasteiger partial charge is 0.305 e. The summed E-state index contributed by atoms with van der Waals surface area (Å²) in [5.41, 5.74) is 2.25. The Morgan fingerprint density at radius 1 is 1.19 bits per heavy atom. The maximum absolute atomic E-state index is 4.31. The van der Waals surface area contributed by atoms with E-state index in [0.717, 1.165) is 12.2 Å². The zero-order valence-electron chi connectivity index (χ0n) is 9.30. The van der Waals surface area contributed by atoms with E-state index in [0.29, 0.717) is 0 Å². The molecule has 0 aromatic carbocycles. The fourth-order valence-corrected chi connectivity index (χ4v) is 1.51. The summed E-state index contributed by atoms with van der Waals surface area (Å²) in [6, 6.07) is 10.2. The summed E-state index contributed by atoms with van der Waals surface area (Å²) >= 11 is 0. The summed E-state index contributed by atoms with van der Waals surface area (Å²) in [7, 11) is 0. The predicted octanol–water partition coefficient (Wildman–Crippen LogP) is 2.33. The maximum atomic E-state index is 4.31. The van der Waals surface area contributed by atoms with Crippen LogP contribution in [0.25, 0.3) is 0 Å². The summed E-state index contributed by atoms with van der Waals surface area (Å²) in [4.78, 5) is 8.39. The molecule has 0 saturated carbocycles. The second-order valence-corrected chi connectivity index (χ2v) is 3.72. The van der Waals surface area contributed by atoms with Gasteiger partial charge in [-0.05, 0) is 30.7 Å². The van der Waals surface area contributed by atoms with Crippen molar-refractivity contribution >= 4 is 0 Å². The highest BCUT2D eigenvalue weighted by Crippen LogP contribution is 2.08. The molecule has 0 spiro atoms. The van der Waals surface area contributed by atoms with Gasteiger partial charge >= 0.3 is 0 Å². The number of aromatic nitrogens is 2. The van der Waals surface area contributed by atoms with E-state index in [4.69, 9.17) is 0 Å². The van der Waals surface area contributed by atoms with Gasteiger partial charge in [0.05, 0.1) is 5.69 Å². The second kappa shape index (κ2) is 5.37. The monoisotopic (exact) mass is 213 g/mol. The van der Waals surface area contributed by atoms with Gasteiger partial charge in [0.15, 0.2) is 0 Å². The zero-order valence-corrected chi connectivity index (χ0v) is 9.30. The molecule has 3 heteroatoms. The van der Waals surface area contributed by atoms with Gasteiger partial charge in [-0.2, -0.15) is 0 Å². The molecule has 2 aromatic rings. The normalized spacial score (nSPS) is 12.3. The van der Waals surface area contributed by atoms with Crippen molar-refractivity contribution in [2.45, 2.75) is 19.5 Å². The van der Waals surface area contributed by atoms with Crippen LogP contribution in [0, 0.1) is 0 Å². The molecular formula is C13H15N3. The van der Waals surface area contributed by atoms with Gasteiger partial charge in [0.2, 0.25) is 0 Å². The molecule has 1 N–H and O–H groups in total. The molecule has 2 rings (SSSR count). The van der Waals surface area contributed by atoms with E-state index in [1.54, 1.807) is 6.20 Å². The lowest BCUT2D eigenvalue weighted by molar-refractivity contribution is 0.561. The van der Waals surface area contributed by atoms with Crippen LogP contribution in [-0.2, 0) is 6.54 Å². The van der Waals surface area contributed by atoms with Gasteiger partial charge in [-0.3, -0.25) is 9.97 Å². The van der Waals surface area contributed by atoms with Crippen molar-refractivity contribution in [1.29, 1.82) is 0 Å². The molecule has 0 amide bonds. The first-order chi connectivity index (χ1) is 7.86. The van der Waals surface area contributed by atoms with E-state index >= 15 is 0 Å². The minimum absolute atomic E-state index is 0.251. The number of hydrogen-bond acceptors (Lipinski definition) is 3. The molecule has 82 valence electrons. The van der Waals surface area contributed by atoms with Crippen molar-refractivity contribution in [3.05, 3.63) is 60.2 Å². The van der Waals surface area contributed by atoms with Gasteiger partial charge in [-0.1, -0.05) is 12.1 Å². The Balaban J connectivity index is 1.92. The van der Waals surface area contributed by atoms with Gasteiger partial charge in [-0.25, -0.2) is 0 Å². The van der Waals surface area contributed by atoms with Crippen LogP contribution in [0.4, 0.5) is 0 Å². The van der Waals surface area contributed by atoms with Crippen LogP contribution in [-0.4, -0.2) is 9.97 Å². The number of nitrogens with zero attached hydrogens (tertiary/aromatic N) is 2. The Morgan fingerprint density at radius 3 is 2.81 bits per heavy atom. The molecule has 3 nitrogen and oxygen atoms in total. The van der Waals surface area contributed by atoms with Crippen molar-refractivity contribution in [2.75, 3.05) is 0 Å². The van der Waals surface area contributed by atoms with Crippen LogP contribution in [0.2, 0.25) is 0 Å². The van der Waals surface area contributed by atoms with Gasteiger partial charge in [0.25, 0.3) is 0 Å². The van der Waals surface area contributed by atoms with Gasteiger partial charge in [0, 0.05) is 31.2 Å². The minimum Gasteiger partial charge on any atom is -0.305 e. The van der Waals surface area contributed by atoms with Crippen LogP contribution in [0.15, 0.2) is 48.9 Å². The standard InChI is InChI=1S/C13H15N3/c1-11(13-6-2-3-8-15-13)16-10-12-5-4-7-14-9-12/h2-9,11,16H,10H2,1H3. The van der Waals surface area contributed by atoms with E-state index in [9.17, 15) is 0 Å². The Bertz CT molecular complexity index is 414. The van der Waals surface area contributed by atoms with E-state index in [2.05, 4.69) is 28.3 Å². The van der Waals surface area contributed by atoms with Gasteiger partial charge in [0.1, 0.15) is 0 Å². The third-order valence-electron chi connectivity index (χ3n) is 2.47. The van der Waals surface area contributed by atoms with Crippen LogP contribution in [0.1, 0.15) is 24.2 Å². The molecule has 1 unspecified atom stereocenters. The molecule has 2 heterocycles. The molecular weight excluding hydrogens is 198 g/mol. The Morgan fingerprint density at radius 2 is 2.12 bits per heavy atom. The smallest absolute Gasteiger partial charge is 0.0570 e. The van der Waals surface area contributed by atoms with Crippen LogP contribution < -0.4 is 5.32 Å². The molecule has 0 aliphatic carbocycles. The molecule has 0 saturated heterocycles. The number of hydrogen-bond donors (Lipinski definition) is 1.